The van der Waals surface area contributed by atoms with Gasteiger partial charge in [-0.05, 0) is 50.4 Å². The van der Waals surface area contributed by atoms with Gasteiger partial charge in [0.15, 0.2) is 0 Å². The molecular formula is C23H30N4O6S. The number of amides is 1. The number of anilines is 1. The molecule has 10 nitrogen and oxygen atoms in total. The van der Waals surface area contributed by atoms with Crippen molar-refractivity contribution in [3.8, 4) is 5.75 Å². The van der Waals surface area contributed by atoms with E-state index in [4.69, 9.17) is 4.74 Å². The predicted octanol–water partition coefficient (Wildman–Crippen LogP) is 2.93. The molecule has 1 aliphatic heterocycles. The second-order valence-corrected chi connectivity index (χ2v) is 10.2. The van der Waals surface area contributed by atoms with Gasteiger partial charge in [0.2, 0.25) is 15.9 Å². The van der Waals surface area contributed by atoms with Crippen LogP contribution in [-0.4, -0.2) is 57.4 Å². The lowest BCUT2D eigenvalue weighted by molar-refractivity contribution is -0.384. The zero-order valence-electron chi connectivity index (χ0n) is 19.3. The van der Waals surface area contributed by atoms with Crippen molar-refractivity contribution in [3.63, 3.8) is 0 Å². The fourth-order valence-corrected chi connectivity index (χ4v) is 5.05. The Morgan fingerprint density at radius 2 is 1.97 bits per heavy atom. The molecule has 1 aliphatic rings. The summed E-state index contributed by atoms with van der Waals surface area (Å²) in [6.07, 6.45) is 2.02. The zero-order chi connectivity index (χ0) is 24.7. The lowest BCUT2D eigenvalue weighted by atomic mass is 9.98. The molecule has 3 rings (SSSR count). The molecule has 2 aromatic rings. The number of ether oxygens (including phenoxy) is 1. The van der Waals surface area contributed by atoms with Gasteiger partial charge in [-0.15, -0.1) is 0 Å². The van der Waals surface area contributed by atoms with Crippen LogP contribution < -0.4 is 14.8 Å². The molecule has 0 aromatic heterocycles. The minimum absolute atomic E-state index is 0.136. The van der Waals surface area contributed by atoms with Crippen molar-refractivity contribution in [1.82, 2.24) is 9.62 Å². The van der Waals surface area contributed by atoms with E-state index in [1.807, 2.05) is 6.92 Å². The van der Waals surface area contributed by atoms with E-state index in [2.05, 4.69) is 14.9 Å². The maximum atomic E-state index is 12.5. The summed E-state index contributed by atoms with van der Waals surface area (Å²) in [7, 11) is -2.13. The van der Waals surface area contributed by atoms with Crippen molar-refractivity contribution in [1.29, 1.82) is 0 Å². The molecule has 184 valence electrons. The molecule has 2 N–H and O–H groups in total. The Kier molecular flexibility index (Phi) is 8.59. The fourth-order valence-electron chi connectivity index (χ4n) is 3.93. The molecule has 0 saturated carbocycles. The average molecular weight is 491 g/mol. The van der Waals surface area contributed by atoms with Crippen LogP contribution in [0.25, 0.3) is 0 Å². The third-order valence-electron chi connectivity index (χ3n) is 5.82. The number of nitrogens with zero attached hydrogens (tertiary/aromatic N) is 2. The Morgan fingerprint density at radius 1 is 1.24 bits per heavy atom. The fraction of sp³-hybridized carbons (Fsp3) is 0.435. The number of hydrogen-bond acceptors (Lipinski definition) is 7. The van der Waals surface area contributed by atoms with E-state index < -0.39 is 14.9 Å². The van der Waals surface area contributed by atoms with E-state index in [9.17, 15) is 23.3 Å². The van der Waals surface area contributed by atoms with Gasteiger partial charge in [0, 0.05) is 38.2 Å². The quantitative estimate of drug-likeness (QED) is 0.387. The van der Waals surface area contributed by atoms with Crippen molar-refractivity contribution in [3.05, 3.63) is 58.1 Å². The molecule has 2 aromatic carbocycles. The lowest BCUT2D eigenvalue weighted by Crippen LogP contribution is -2.41. The summed E-state index contributed by atoms with van der Waals surface area (Å²) in [5, 5.41) is 13.7. The van der Waals surface area contributed by atoms with Crippen molar-refractivity contribution < 1.29 is 22.9 Å². The number of carbonyl (C=O) groups excluding carboxylic acids is 1. The normalized spacial score (nSPS) is 16.7. The monoisotopic (exact) mass is 490 g/mol. The number of likely N-dealkylation sites (tertiary alicyclic amines) is 1. The summed E-state index contributed by atoms with van der Waals surface area (Å²) in [4.78, 5) is 25.3. The number of non-ortho nitro benzene ring substituents is 1. The first-order valence-electron chi connectivity index (χ1n) is 11.1. The summed E-state index contributed by atoms with van der Waals surface area (Å²) in [6.45, 7) is 4.26. The molecule has 1 saturated heterocycles. The predicted molar refractivity (Wildman–Crippen MR) is 128 cm³/mol. The van der Waals surface area contributed by atoms with Gasteiger partial charge in [0.25, 0.3) is 5.69 Å². The number of carbonyl (C=O) groups is 1. The minimum Gasteiger partial charge on any atom is -0.495 e. The lowest BCUT2D eigenvalue weighted by Gasteiger charge is -2.32. The van der Waals surface area contributed by atoms with Gasteiger partial charge >= 0.3 is 0 Å². The third kappa shape index (κ3) is 6.99. The molecule has 0 radical (unpaired) electrons. The van der Waals surface area contributed by atoms with Gasteiger partial charge in [0.05, 0.1) is 22.6 Å². The van der Waals surface area contributed by atoms with Crippen LogP contribution in [0, 0.1) is 23.0 Å². The second kappa shape index (κ2) is 11.4. The molecule has 1 heterocycles. The van der Waals surface area contributed by atoms with E-state index in [1.165, 1.54) is 25.3 Å². The Labute approximate surface area is 199 Å². The van der Waals surface area contributed by atoms with Crippen molar-refractivity contribution in [2.45, 2.75) is 31.1 Å². The van der Waals surface area contributed by atoms with Gasteiger partial charge < -0.3 is 15.0 Å². The van der Waals surface area contributed by atoms with Crippen LogP contribution in [0.3, 0.4) is 0 Å². The molecule has 0 aliphatic carbocycles. The van der Waals surface area contributed by atoms with Gasteiger partial charge in [-0.25, -0.2) is 13.1 Å². The molecule has 0 bridgehead atoms. The molecular weight excluding hydrogens is 460 g/mol. The van der Waals surface area contributed by atoms with Crippen molar-refractivity contribution in [2.75, 3.05) is 38.6 Å². The van der Waals surface area contributed by atoms with Crippen LogP contribution in [0.5, 0.6) is 5.75 Å². The van der Waals surface area contributed by atoms with Crippen LogP contribution in [0.15, 0.2) is 47.4 Å². The summed E-state index contributed by atoms with van der Waals surface area (Å²) in [6, 6.07) is 10.8. The molecule has 1 atom stereocenters. The SMILES string of the molecule is COc1ccc([N+](=O)[O-])cc1NC(=O)CCN1CCCC(CNS(=O)(=O)c2ccc(C)cc2)C1. The highest BCUT2D eigenvalue weighted by molar-refractivity contribution is 7.89. The number of hydrogen-bond donors (Lipinski definition) is 2. The molecule has 34 heavy (non-hydrogen) atoms. The first-order chi connectivity index (χ1) is 16.2. The van der Waals surface area contributed by atoms with Crippen molar-refractivity contribution in [2.24, 2.45) is 5.92 Å². The van der Waals surface area contributed by atoms with Crippen LogP contribution >= 0.6 is 0 Å². The van der Waals surface area contributed by atoms with Crippen LogP contribution in [0.1, 0.15) is 24.8 Å². The number of methoxy groups -OCH3 is 1. The van der Waals surface area contributed by atoms with E-state index in [0.29, 0.717) is 25.4 Å². The van der Waals surface area contributed by atoms with Crippen LogP contribution in [-0.2, 0) is 14.8 Å². The molecule has 1 fully saturated rings. The van der Waals surface area contributed by atoms with E-state index in [0.717, 1.165) is 24.9 Å². The molecule has 1 unspecified atom stereocenters. The second-order valence-electron chi connectivity index (χ2n) is 8.41. The topological polar surface area (TPSA) is 131 Å². The van der Waals surface area contributed by atoms with Crippen molar-refractivity contribution >= 4 is 27.3 Å². The highest BCUT2D eigenvalue weighted by Crippen LogP contribution is 2.29. The number of rotatable bonds is 10. The number of nitro groups is 1. The largest absolute Gasteiger partial charge is 0.495 e. The Bertz CT molecular complexity index is 1120. The zero-order valence-corrected chi connectivity index (χ0v) is 20.1. The number of sulfonamides is 1. The minimum atomic E-state index is -3.56. The summed E-state index contributed by atoms with van der Waals surface area (Å²) in [5.74, 6) is 0.216. The van der Waals surface area contributed by atoms with Gasteiger partial charge in [-0.3, -0.25) is 14.9 Å². The molecule has 0 spiro atoms. The maximum absolute atomic E-state index is 12.5. The Morgan fingerprint density at radius 3 is 2.65 bits per heavy atom. The van der Waals surface area contributed by atoms with Gasteiger partial charge in [0.1, 0.15) is 5.75 Å². The first-order valence-corrected chi connectivity index (χ1v) is 12.6. The van der Waals surface area contributed by atoms with Gasteiger partial charge in [-0.2, -0.15) is 0 Å². The first kappa shape index (κ1) is 25.6. The van der Waals surface area contributed by atoms with Gasteiger partial charge in [-0.1, -0.05) is 17.7 Å². The molecule has 11 heteroatoms. The van der Waals surface area contributed by atoms with E-state index in [1.54, 1.807) is 24.3 Å². The highest BCUT2D eigenvalue weighted by atomic mass is 32.2. The number of aryl methyl sites for hydroxylation is 1. The number of piperidine rings is 1. The average Bonchev–Trinajstić information content (AvgIpc) is 2.82. The molecule has 1 amide bonds. The maximum Gasteiger partial charge on any atom is 0.271 e. The Hall–Kier alpha value is -3.02. The summed E-state index contributed by atoms with van der Waals surface area (Å²) < 4.78 is 33.0. The van der Waals surface area contributed by atoms with Crippen LogP contribution in [0.2, 0.25) is 0 Å². The van der Waals surface area contributed by atoms with E-state index >= 15 is 0 Å². The number of nitrogens with one attached hydrogen (secondary N) is 2. The van der Waals surface area contributed by atoms with Crippen LogP contribution in [0.4, 0.5) is 11.4 Å². The summed E-state index contributed by atoms with van der Waals surface area (Å²) in [5.41, 5.74) is 1.11. The van der Waals surface area contributed by atoms with E-state index in [-0.39, 0.29) is 34.5 Å². The summed E-state index contributed by atoms with van der Waals surface area (Å²) >= 11 is 0. The smallest absolute Gasteiger partial charge is 0.271 e. The number of benzene rings is 2. The standard InChI is InChI=1S/C23H30N4O6S/c1-17-5-8-20(9-6-17)34(31,32)24-15-18-4-3-12-26(16-18)13-11-23(28)25-21-14-19(27(29)30)7-10-22(21)33-2/h5-10,14,18,24H,3-4,11-13,15-16H2,1-2H3,(H,25,28). The Balaban J connectivity index is 1.49. The number of nitro benzene ring substituents is 1. The third-order valence-corrected chi connectivity index (χ3v) is 7.26. The highest BCUT2D eigenvalue weighted by Gasteiger charge is 2.23.